The van der Waals surface area contributed by atoms with Crippen molar-refractivity contribution in [3.63, 3.8) is 0 Å². The van der Waals surface area contributed by atoms with Gasteiger partial charge in [-0.05, 0) is 82.9 Å². The normalized spacial score (nSPS) is 11.1. The second kappa shape index (κ2) is 11.5. The summed E-state index contributed by atoms with van der Waals surface area (Å²) in [6, 6.07) is 41.3. The van der Waals surface area contributed by atoms with Crippen LogP contribution >= 0.6 is 0 Å². The topological polar surface area (TPSA) is 60.8 Å². The van der Waals surface area contributed by atoms with Crippen molar-refractivity contribution < 1.29 is 4.74 Å². The van der Waals surface area contributed by atoms with Crippen molar-refractivity contribution in [2.75, 3.05) is 0 Å². The Labute approximate surface area is 260 Å². The van der Waals surface area contributed by atoms with Gasteiger partial charge in [0.1, 0.15) is 11.5 Å². The minimum absolute atomic E-state index is 0.720. The molecule has 0 spiro atoms. The first kappa shape index (κ1) is 26.4. The first-order valence-electron chi connectivity index (χ1n) is 14.8. The fourth-order valence-corrected chi connectivity index (χ4v) is 5.73. The Morgan fingerprint density at radius 2 is 0.844 bits per heavy atom. The Bertz CT molecular complexity index is 2140. The van der Waals surface area contributed by atoms with Gasteiger partial charge in [0.25, 0.3) is 0 Å². The van der Waals surface area contributed by atoms with E-state index in [0.29, 0.717) is 0 Å². The van der Waals surface area contributed by atoms with E-state index in [1.165, 1.54) is 0 Å². The molecule has 4 heterocycles. The number of nitrogens with zero attached hydrogens (tertiary/aromatic N) is 4. The van der Waals surface area contributed by atoms with Crippen molar-refractivity contribution >= 4 is 21.5 Å². The Kier molecular flexibility index (Phi) is 6.74. The van der Waals surface area contributed by atoms with Crippen LogP contribution in [0, 0.1) is 0 Å². The fraction of sp³-hybridized carbons (Fsp3) is 0. The third-order valence-corrected chi connectivity index (χ3v) is 7.98. The van der Waals surface area contributed by atoms with Crippen LogP contribution in [-0.4, -0.2) is 19.9 Å². The lowest BCUT2D eigenvalue weighted by Gasteiger charge is -2.15. The van der Waals surface area contributed by atoms with Crippen LogP contribution in [0.4, 0.5) is 0 Å². The van der Waals surface area contributed by atoms with E-state index in [-0.39, 0.29) is 0 Å². The van der Waals surface area contributed by atoms with Gasteiger partial charge in [0.05, 0.1) is 11.4 Å². The number of hydrogen-bond acceptors (Lipinski definition) is 5. The van der Waals surface area contributed by atoms with Gasteiger partial charge in [-0.25, -0.2) is 0 Å². The summed E-state index contributed by atoms with van der Waals surface area (Å²) in [6.45, 7) is 0. The van der Waals surface area contributed by atoms with Crippen molar-refractivity contribution in [1.82, 2.24) is 19.9 Å². The molecule has 0 fully saturated rings. The molecule has 5 nitrogen and oxygen atoms in total. The first-order valence-corrected chi connectivity index (χ1v) is 14.8. The fourth-order valence-electron chi connectivity index (χ4n) is 5.73. The summed E-state index contributed by atoms with van der Waals surface area (Å²) < 4.78 is 6.85. The Morgan fingerprint density at radius 3 is 1.31 bits per heavy atom. The van der Waals surface area contributed by atoms with Crippen LogP contribution in [-0.2, 0) is 0 Å². The number of aromatic nitrogens is 4. The summed E-state index contributed by atoms with van der Waals surface area (Å²) in [6.07, 6.45) is 11.0. The van der Waals surface area contributed by atoms with Gasteiger partial charge in [0, 0.05) is 69.9 Å². The highest BCUT2D eigenvalue weighted by atomic mass is 16.5. The smallest absolute Gasteiger partial charge is 0.136 e. The third kappa shape index (κ3) is 5.28. The van der Waals surface area contributed by atoms with Gasteiger partial charge in [-0.1, -0.05) is 60.7 Å². The monoisotopic (exact) mass is 578 g/mol. The number of pyridine rings is 4. The highest BCUT2D eigenvalue weighted by Gasteiger charge is 2.14. The zero-order chi connectivity index (χ0) is 30.0. The largest absolute Gasteiger partial charge is 0.456 e. The van der Waals surface area contributed by atoms with Gasteiger partial charge in [-0.15, -0.1) is 0 Å². The average molecular weight is 579 g/mol. The van der Waals surface area contributed by atoms with Crippen molar-refractivity contribution in [2.24, 2.45) is 0 Å². The van der Waals surface area contributed by atoms with Crippen molar-refractivity contribution in [3.8, 4) is 56.3 Å². The van der Waals surface area contributed by atoms with Gasteiger partial charge in [0.15, 0.2) is 0 Å². The molecule has 8 aromatic rings. The predicted molar refractivity (Wildman–Crippen MR) is 181 cm³/mol. The maximum absolute atomic E-state index is 6.85. The van der Waals surface area contributed by atoms with E-state index in [1.54, 1.807) is 12.4 Å². The molecule has 0 bridgehead atoms. The van der Waals surface area contributed by atoms with Crippen LogP contribution in [0.1, 0.15) is 0 Å². The van der Waals surface area contributed by atoms with E-state index in [9.17, 15) is 0 Å². The lowest BCUT2D eigenvalue weighted by atomic mass is 10.0. The molecule has 0 aliphatic carbocycles. The number of fused-ring (bicyclic) bond motifs is 2. The molecular formula is C40H26N4O. The highest BCUT2D eigenvalue weighted by Crippen LogP contribution is 2.39. The SMILES string of the molecule is c1ccc(-c2ccnc(-c3cc(Oc4cc(-c5cc(-c6ccccc6)ccn5)cc5cnccc45)c4ccncc4c3)c2)cc1. The quantitative estimate of drug-likeness (QED) is 0.196. The minimum Gasteiger partial charge on any atom is -0.456 e. The molecule has 4 aromatic heterocycles. The van der Waals surface area contributed by atoms with Crippen LogP contribution in [0.15, 0.2) is 159 Å². The second-order valence-corrected chi connectivity index (χ2v) is 10.8. The Balaban J connectivity index is 1.25. The summed E-state index contributed by atoms with van der Waals surface area (Å²) in [5, 5.41) is 3.86. The van der Waals surface area contributed by atoms with Crippen molar-refractivity contribution in [3.05, 3.63) is 159 Å². The molecule has 0 saturated heterocycles. The zero-order valence-electron chi connectivity index (χ0n) is 24.2. The van der Waals surface area contributed by atoms with Gasteiger partial charge >= 0.3 is 0 Å². The lowest BCUT2D eigenvalue weighted by molar-refractivity contribution is 0.494. The summed E-state index contributed by atoms with van der Waals surface area (Å²) in [5.41, 5.74) is 8.10. The van der Waals surface area contributed by atoms with Gasteiger partial charge in [0.2, 0.25) is 0 Å². The van der Waals surface area contributed by atoms with E-state index in [0.717, 1.165) is 77.8 Å². The molecule has 4 aromatic carbocycles. The Morgan fingerprint density at radius 1 is 0.378 bits per heavy atom. The van der Waals surface area contributed by atoms with E-state index >= 15 is 0 Å². The summed E-state index contributed by atoms with van der Waals surface area (Å²) in [7, 11) is 0. The summed E-state index contributed by atoms with van der Waals surface area (Å²) in [5.74, 6) is 1.44. The molecule has 0 unspecified atom stereocenters. The molecule has 212 valence electrons. The molecule has 5 heteroatoms. The highest BCUT2D eigenvalue weighted by molar-refractivity contribution is 5.95. The van der Waals surface area contributed by atoms with E-state index in [4.69, 9.17) is 14.7 Å². The molecule has 0 atom stereocenters. The first-order chi connectivity index (χ1) is 22.3. The molecule has 0 N–H and O–H groups in total. The Hall–Kier alpha value is -6.20. The van der Waals surface area contributed by atoms with E-state index in [1.807, 2.05) is 85.5 Å². The standard InChI is InChI=1S/C40H26N4O/c1-3-7-27(8-4-1)29-11-17-43-37(21-29)31-19-33-25-41-15-13-35(33)39(23-31)45-40-24-32(20-34-26-42-16-14-36(34)40)38-22-30(12-18-44-38)28-9-5-2-6-10-28/h1-26H. The molecule has 0 amide bonds. The van der Waals surface area contributed by atoms with Crippen LogP contribution < -0.4 is 4.74 Å². The van der Waals surface area contributed by atoms with Crippen LogP contribution in [0.5, 0.6) is 11.5 Å². The molecule has 45 heavy (non-hydrogen) atoms. The number of rotatable bonds is 6. The molecule has 0 aliphatic rings. The number of benzene rings is 4. The van der Waals surface area contributed by atoms with Gasteiger partial charge < -0.3 is 4.74 Å². The maximum Gasteiger partial charge on any atom is 0.136 e. The molecule has 0 radical (unpaired) electrons. The number of ether oxygens (including phenoxy) is 1. The van der Waals surface area contributed by atoms with E-state index < -0.39 is 0 Å². The second-order valence-electron chi connectivity index (χ2n) is 10.8. The lowest BCUT2D eigenvalue weighted by Crippen LogP contribution is -1.93. The molecule has 8 rings (SSSR count). The van der Waals surface area contributed by atoms with Crippen molar-refractivity contribution in [2.45, 2.75) is 0 Å². The summed E-state index contributed by atoms with van der Waals surface area (Å²) >= 11 is 0. The zero-order valence-corrected chi connectivity index (χ0v) is 24.2. The summed E-state index contributed by atoms with van der Waals surface area (Å²) in [4.78, 5) is 18.3. The minimum atomic E-state index is 0.720. The molecule has 0 aliphatic heterocycles. The van der Waals surface area contributed by atoms with Crippen LogP contribution in [0.25, 0.3) is 66.3 Å². The van der Waals surface area contributed by atoms with Gasteiger partial charge in [-0.3, -0.25) is 19.9 Å². The van der Waals surface area contributed by atoms with Crippen molar-refractivity contribution in [1.29, 1.82) is 0 Å². The molecular weight excluding hydrogens is 552 g/mol. The van der Waals surface area contributed by atoms with Gasteiger partial charge in [-0.2, -0.15) is 0 Å². The predicted octanol–water partition coefficient (Wildman–Crippen LogP) is 10.0. The number of hydrogen-bond donors (Lipinski definition) is 0. The van der Waals surface area contributed by atoms with E-state index in [2.05, 4.69) is 70.6 Å². The van der Waals surface area contributed by atoms with Crippen LogP contribution in [0.3, 0.4) is 0 Å². The molecule has 0 saturated carbocycles. The maximum atomic E-state index is 6.85. The van der Waals surface area contributed by atoms with Crippen LogP contribution in [0.2, 0.25) is 0 Å². The third-order valence-electron chi connectivity index (χ3n) is 7.98. The average Bonchev–Trinajstić information content (AvgIpc) is 3.12.